The van der Waals surface area contributed by atoms with Crippen LogP contribution in [-0.4, -0.2) is 24.0 Å². The fourth-order valence-corrected chi connectivity index (χ4v) is 2.70. The summed E-state index contributed by atoms with van der Waals surface area (Å²) < 4.78 is 6.30. The van der Waals surface area contributed by atoms with Gasteiger partial charge in [0.2, 0.25) is 0 Å². The smallest absolute Gasteiger partial charge is 0.277 e. The molecule has 0 bridgehead atoms. The van der Waals surface area contributed by atoms with Gasteiger partial charge in [0, 0.05) is 23.0 Å². The monoisotopic (exact) mass is 366 g/mol. The van der Waals surface area contributed by atoms with Gasteiger partial charge in [0.25, 0.3) is 5.91 Å². The lowest BCUT2D eigenvalue weighted by atomic mass is 9.76. The van der Waals surface area contributed by atoms with Crippen LogP contribution in [0.4, 0.5) is 0 Å². The first kappa shape index (κ1) is 16.7. The van der Waals surface area contributed by atoms with Crippen molar-refractivity contribution in [1.82, 2.24) is 5.43 Å². The molecule has 1 fully saturated rings. The number of carbonyl (C=O) groups is 2. The molecular weight excluding hydrogens is 348 g/mol. The molecule has 1 N–H and O–H groups in total. The molecule has 0 unspecified atom stereocenters. The maximum Gasteiger partial charge on any atom is 0.277 e. The Bertz CT molecular complexity index is 594. The van der Waals surface area contributed by atoms with Gasteiger partial charge in [-0.2, -0.15) is 5.10 Å². The third-order valence-electron chi connectivity index (χ3n) is 3.28. The average molecular weight is 367 g/mol. The normalized spacial score (nSPS) is 19.0. The van der Waals surface area contributed by atoms with E-state index in [0.29, 0.717) is 25.0 Å². The first-order valence-electron chi connectivity index (χ1n) is 7.08. The third-order valence-corrected chi connectivity index (χ3v) is 3.81. The van der Waals surface area contributed by atoms with Crippen molar-refractivity contribution < 1.29 is 14.3 Å². The Morgan fingerprint density at radius 2 is 2.00 bits per heavy atom. The number of ether oxygens (including phenoxy) is 1. The Hall–Kier alpha value is -1.69. The molecule has 1 aromatic rings. The van der Waals surface area contributed by atoms with E-state index in [1.807, 2.05) is 26.0 Å². The molecule has 5 nitrogen and oxygen atoms in total. The van der Waals surface area contributed by atoms with Gasteiger partial charge in [-0.05, 0) is 36.1 Å². The van der Waals surface area contributed by atoms with E-state index in [1.165, 1.54) is 0 Å². The summed E-state index contributed by atoms with van der Waals surface area (Å²) in [5.41, 5.74) is 3.09. The van der Waals surface area contributed by atoms with Crippen LogP contribution in [0.2, 0.25) is 0 Å². The lowest BCUT2D eigenvalue weighted by molar-refractivity contribution is -0.123. The number of nitrogens with one attached hydrogen (secondary N) is 1. The molecule has 6 heteroatoms. The molecule has 0 radical (unpaired) electrons. The van der Waals surface area contributed by atoms with Gasteiger partial charge in [0.05, 0.1) is 0 Å². The summed E-state index contributed by atoms with van der Waals surface area (Å²) in [6, 6.07) is 7.21. The van der Waals surface area contributed by atoms with Crippen molar-refractivity contribution in [3.8, 4) is 5.75 Å². The molecule has 1 saturated carbocycles. The molecule has 0 aromatic heterocycles. The number of hydrazone groups is 1. The van der Waals surface area contributed by atoms with E-state index in [-0.39, 0.29) is 23.7 Å². The number of Topliss-reactive ketones (excluding diaryl/α,β-unsaturated/α-hetero) is 1. The van der Waals surface area contributed by atoms with E-state index in [2.05, 4.69) is 26.5 Å². The SMILES string of the molecule is CC1(C)CC(=O)C/C(=N/NC(=O)COc2ccc(Br)cc2)C1. The number of benzene rings is 1. The summed E-state index contributed by atoms with van der Waals surface area (Å²) in [4.78, 5) is 23.4. The van der Waals surface area contributed by atoms with Crippen LogP contribution < -0.4 is 10.2 Å². The zero-order valence-corrected chi connectivity index (χ0v) is 14.3. The summed E-state index contributed by atoms with van der Waals surface area (Å²) in [6.07, 6.45) is 1.59. The highest BCUT2D eigenvalue weighted by atomic mass is 79.9. The molecule has 22 heavy (non-hydrogen) atoms. The predicted octanol–water partition coefficient (Wildman–Crippen LogP) is 3.08. The van der Waals surface area contributed by atoms with E-state index in [9.17, 15) is 9.59 Å². The third kappa shape index (κ3) is 5.26. The minimum absolute atomic E-state index is 0.0905. The van der Waals surface area contributed by atoms with Gasteiger partial charge in [-0.15, -0.1) is 0 Å². The van der Waals surface area contributed by atoms with E-state index in [0.717, 1.165) is 10.2 Å². The zero-order valence-electron chi connectivity index (χ0n) is 12.7. The van der Waals surface area contributed by atoms with Crippen LogP contribution >= 0.6 is 15.9 Å². The quantitative estimate of drug-likeness (QED) is 0.832. The van der Waals surface area contributed by atoms with E-state index >= 15 is 0 Å². The van der Waals surface area contributed by atoms with Crippen molar-refractivity contribution in [2.45, 2.75) is 33.1 Å². The summed E-state index contributed by atoms with van der Waals surface area (Å²) in [5.74, 6) is 0.432. The van der Waals surface area contributed by atoms with Crippen LogP contribution in [0.1, 0.15) is 33.1 Å². The molecule has 0 aliphatic heterocycles. The number of hydrogen-bond donors (Lipinski definition) is 1. The fraction of sp³-hybridized carbons (Fsp3) is 0.438. The first-order valence-corrected chi connectivity index (χ1v) is 7.88. The second-order valence-electron chi connectivity index (χ2n) is 6.19. The minimum Gasteiger partial charge on any atom is -0.484 e. The molecule has 0 heterocycles. The Morgan fingerprint density at radius 3 is 2.64 bits per heavy atom. The van der Waals surface area contributed by atoms with E-state index in [4.69, 9.17) is 4.74 Å². The summed E-state index contributed by atoms with van der Waals surface area (Å²) in [5, 5.41) is 4.06. The van der Waals surface area contributed by atoms with Crippen molar-refractivity contribution >= 4 is 33.3 Å². The van der Waals surface area contributed by atoms with Crippen LogP contribution in [0.15, 0.2) is 33.8 Å². The van der Waals surface area contributed by atoms with Crippen molar-refractivity contribution in [3.63, 3.8) is 0 Å². The molecule has 0 atom stereocenters. The largest absolute Gasteiger partial charge is 0.484 e. The predicted molar refractivity (Wildman–Crippen MR) is 87.9 cm³/mol. The summed E-state index contributed by atoms with van der Waals surface area (Å²) in [6.45, 7) is 3.94. The van der Waals surface area contributed by atoms with Crippen LogP contribution in [0.5, 0.6) is 5.75 Å². The molecule has 1 aromatic carbocycles. The maximum absolute atomic E-state index is 11.7. The second-order valence-corrected chi connectivity index (χ2v) is 7.10. The Morgan fingerprint density at radius 1 is 1.32 bits per heavy atom. The van der Waals surface area contributed by atoms with E-state index < -0.39 is 0 Å². The standard InChI is InChI=1S/C16H19BrN2O3/c1-16(2)8-12(7-13(20)9-16)18-19-15(21)10-22-14-5-3-11(17)4-6-14/h3-6H,7-10H2,1-2H3,(H,19,21)/b18-12-. The number of ketones is 1. The number of halogens is 1. The molecule has 118 valence electrons. The number of amides is 1. The highest BCUT2D eigenvalue weighted by Gasteiger charge is 2.30. The Kier molecular flexibility index (Phi) is 5.34. The molecular formula is C16H19BrN2O3. The first-order chi connectivity index (χ1) is 10.3. The van der Waals surface area contributed by atoms with Gasteiger partial charge >= 0.3 is 0 Å². The van der Waals surface area contributed by atoms with E-state index in [1.54, 1.807) is 12.1 Å². The summed E-state index contributed by atoms with van der Waals surface area (Å²) >= 11 is 3.33. The number of rotatable bonds is 4. The molecule has 1 aliphatic carbocycles. The Balaban J connectivity index is 1.83. The molecule has 2 rings (SSSR count). The lowest BCUT2D eigenvalue weighted by Crippen LogP contribution is -2.32. The van der Waals surface area contributed by atoms with Gasteiger partial charge in [-0.3, -0.25) is 9.59 Å². The topological polar surface area (TPSA) is 67.8 Å². The van der Waals surface area contributed by atoms with Gasteiger partial charge in [0.1, 0.15) is 11.5 Å². The van der Waals surface area contributed by atoms with Crippen molar-refractivity contribution in [2.24, 2.45) is 10.5 Å². The Labute approximate surface area is 138 Å². The second kappa shape index (κ2) is 7.05. The van der Waals surface area contributed by atoms with Crippen LogP contribution in [0.3, 0.4) is 0 Å². The van der Waals surface area contributed by atoms with Gasteiger partial charge in [-0.25, -0.2) is 5.43 Å². The minimum atomic E-state index is -0.341. The molecule has 0 saturated heterocycles. The zero-order chi connectivity index (χ0) is 16.2. The molecule has 1 amide bonds. The van der Waals surface area contributed by atoms with Crippen LogP contribution in [0, 0.1) is 5.41 Å². The maximum atomic E-state index is 11.7. The number of carbonyl (C=O) groups excluding carboxylic acids is 2. The average Bonchev–Trinajstić information content (AvgIpc) is 2.42. The van der Waals surface area contributed by atoms with Gasteiger partial charge in [-0.1, -0.05) is 29.8 Å². The number of nitrogens with zero attached hydrogens (tertiary/aromatic N) is 1. The highest BCUT2D eigenvalue weighted by molar-refractivity contribution is 9.10. The van der Waals surface area contributed by atoms with Crippen LogP contribution in [-0.2, 0) is 9.59 Å². The molecule has 1 aliphatic rings. The lowest BCUT2D eigenvalue weighted by Gasteiger charge is -2.28. The van der Waals surface area contributed by atoms with Crippen molar-refractivity contribution in [3.05, 3.63) is 28.7 Å². The van der Waals surface area contributed by atoms with Crippen molar-refractivity contribution in [2.75, 3.05) is 6.61 Å². The highest BCUT2D eigenvalue weighted by Crippen LogP contribution is 2.31. The fourth-order valence-electron chi connectivity index (χ4n) is 2.43. The van der Waals surface area contributed by atoms with Gasteiger partial charge < -0.3 is 4.74 Å². The number of hydrogen-bond acceptors (Lipinski definition) is 4. The van der Waals surface area contributed by atoms with Gasteiger partial charge in [0.15, 0.2) is 6.61 Å². The van der Waals surface area contributed by atoms with Crippen molar-refractivity contribution in [1.29, 1.82) is 0 Å². The summed E-state index contributed by atoms with van der Waals surface area (Å²) in [7, 11) is 0. The molecule has 0 spiro atoms. The van der Waals surface area contributed by atoms with Crippen LogP contribution in [0.25, 0.3) is 0 Å².